The molecule has 1 aromatic carbocycles. The zero-order valence-corrected chi connectivity index (χ0v) is 14.4. The number of aliphatic hydroxyl groups excluding tert-OH is 1. The van der Waals surface area contributed by atoms with Gasteiger partial charge in [-0.25, -0.2) is 0 Å². The molecule has 1 fully saturated rings. The van der Waals surface area contributed by atoms with E-state index in [0.29, 0.717) is 39.0 Å². The van der Waals surface area contributed by atoms with Crippen LogP contribution in [0, 0.1) is 0 Å². The van der Waals surface area contributed by atoms with E-state index < -0.39 is 0 Å². The van der Waals surface area contributed by atoms with Crippen molar-refractivity contribution in [3.8, 4) is 5.75 Å². The van der Waals surface area contributed by atoms with Crippen LogP contribution in [0.25, 0.3) is 0 Å². The minimum Gasteiger partial charge on any atom is -0.497 e. The fraction of sp³-hybridized carbons (Fsp3) is 0.556. The Kier molecular flexibility index (Phi) is 6.75. The summed E-state index contributed by atoms with van der Waals surface area (Å²) in [6.07, 6.45) is 1.16. The first-order valence-corrected chi connectivity index (χ1v) is 8.28. The van der Waals surface area contributed by atoms with Crippen molar-refractivity contribution in [1.82, 2.24) is 9.80 Å². The number of ether oxygens (including phenoxy) is 1. The molecule has 6 nitrogen and oxygen atoms in total. The average molecular weight is 334 g/mol. The predicted octanol–water partition coefficient (Wildman–Crippen LogP) is 0.722. The number of aryl methyl sites for hydroxylation is 1. The van der Waals surface area contributed by atoms with Crippen LogP contribution < -0.4 is 4.74 Å². The van der Waals surface area contributed by atoms with E-state index in [4.69, 9.17) is 4.74 Å². The highest BCUT2D eigenvalue weighted by molar-refractivity contribution is 5.80. The maximum atomic E-state index is 12.3. The van der Waals surface area contributed by atoms with Crippen molar-refractivity contribution in [3.63, 3.8) is 0 Å². The molecule has 1 saturated heterocycles. The van der Waals surface area contributed by atoms with Crippen molar-refractivity contribution in [2.24, 2.45) is 0 Å². The molecule has 0 aromatic heterocycles. The van der Waals surface area contributed by atoms with Crippen molar-refractivity contribution in [2.75, 3.05) is 39.9 Å². The molecule has 1 heterocycles. The van der Waals surface area contributed by atoms with E-state index in [9.17, 15) is 14.7 Å². The lowest BCUT2D eigenvalue weighted by Gasteiger charge is -2.40. The lowest BCUT2D eigenvalue weighted by atomic mass is 10.1. The Labute approximate surface area is 143 Å². The van der Waals surface area contributed by atoms with Crippen LogP contribution in [-0.4, -0.2) is 72.5 Å². The van der Waals surface area contributed by atoms with Gasteiger partial charge in [0.1, 0.15) is 11.5 Å². The van der Waals surface area contributed by atoms with Crippen molar-refractivity contribution in [1.29, 1.82) is 0 Å². The van der Waals surface area contributed by atoms with Gasteiger partial charge in [0.05, 0.1) is 26.3 Å². The summed E-state index contributed by atoms with van der Waals surface area (Å²) < 4.78 is 5.12. The van der Waals surface area contributed by atoms with Gasteiger partial charge in [0.2, 0.25) is 5.91 Å². The van der Waals surface area contributed by atoms with E-state index in [1.807, 2.05) is 29.2 Å². The number of hydrogen-bond acceptors (Lipinski definition) is 5. The quantitative estimate of drug-likeness (QED) is 0.796. The monoisotopic (exact) mass is 334 g/mol. The second-order valence-electron chi connectivity index (χ2n) is 6.16. The molecule has 1 aliphatic rings. The maximum absolute atomic E-state index is 12.3. The number of benzene rings is 1. The predicted molar refractivity (Wildman–Crippen MR) is 91.0 cm³/mol. The van der Waals surface area contributed by atoms with Gasteiger partial charge in [-0.05, 0) is 24.1 Å². The Morgan fingerprint density at radius 3 is 2.54 bits per heavy atom. The zero-order chi connectivity index (χ0) is 17.5. The van der Waals surface area contributed by atoms with Crippen LogP contribution in [-0.2, 0) is 16.0 Å². The lowest BCUT2D eigenvalue weighted by molar-refractivity contribution is -0.133. The molecule has 1 N–H and O–H groups in total. The standard InChI is InChI=1S/C18H26N2O4/c1-14(22)19-9-10-20(16(11-19)13-21)12-17(23)6-3-15-4-7-18(24-2)8-5-15/h4-5,7-8,16,21H,3,6,9-13H2,1-2H3. The van der Waals surface area contributed by atoms with Gasteiger partial charge in [-0.1, -0.05) is 12.1 Å². The Bertz CT molecular complexity index is 559. The molecule has 1 unspecified atom stereocenters. The number of ketones is 1. The molecule has 0 saturated carbocycles. The fourth-order valence-corrected chi connectivity index (χ4v) is 2.94. The molecule has 0 bridgehead atoms. The molecule has 1 amide bonds. The number of carbonyl (C=O) groups excluding carboxylic acids is 2. The van der Waals surface area contributed by atoms with Gasteiger partial charge in [0.25, 0.3) is 0 Å². The van der Waals surface area contributed by atoms with Gasteiger partial charge in [-0.3, -0.25) is 14.5 Å². The van der Waals surface area contributed by atoms with Gasteiger partial charge in [-0.15, -0.1) is 0 Å². The van der Waals surface area contributed by atoms with Gasteiger partial charge in [0.15, 0.2) is 0 Å². The highest BCUT2D eigenvalue weighted by Crippen LogP contribution is 2.14. The minimum atomic E-state index is -0.160. The molecule has 1 aromatic rings. The molecule has 0 aliphatic carbocycles. The van der Waals surface area contributed by atoms with Crippen LogP contribution in [0.2, 0.25) is 0 Å². The molecule has 1 aliphatic heterocycles. The highest BCUT2D eigenvalue weighted by atomic mass is 16.5. The summed E-state index contributed by atoms with van der Waals surface area (Å²) in [7, 11) is 1.63. The molecule has 0 radical (unpaired) electrons. The Hall–Kier alpha value is -1.92. The summed E-state index contributed by atoms with van der Waals surface area (Å²) in [6, 6.07) is 7.56. The number of carbonyl (C=O) groups is 2. The summed E-state index contributed by atoms with van der Waals surface area (Å²) in [5, 5.41) is 9.53. The van der Waals surface area contributed by atoms with Crippen LogP contribution in [0.5, 0.6) is 5.75 Å². The second kappa shape index (κ2) is 8.80. The molecule has 6 heteroatoms. The fourth-order valence-electron chi connectivity index (χ4n) is 2.94. The topological polar surface area (TPSA) is 70.1 Å². The molecule has 0 spiro atoms. The van der Waals surface area contributed by atoms with Gasteiger partial charge in [-0.2, -0.15) is 0 Å². The summed E-state index contributed by atoms with van der Waals surface area (Å²) in [4.78, 5) is 27.4. The van der Waals surface area contributed by atoms with Gasteiger partial charge < -0.3 is 14.7 Å². The summed E-state index contributed by atoms with van der Waals surface area (Å²) in [5.74, 6) is 0.971. The minimum absolute atomic E-state index is 0.0129. The van der Waals surface area contributed by atoms with Crippen LogP contribution in [0.1, 0.15) is 18.9 Å². The number of amides is 1. The summed E-state index contributed by atoms with van der Waals surface area (Å²) in [6.45, 7) is 3.53. The van der Waals surface area contributed by atoms with E-state index in [0.717, 1.165) is 11.3 Å². The third-order valence-electron chi connectivity index (χ3n) is 4.49. The number of piperazine rings is 1. The van der Waals surface area contributed by atoms with Gasteiger partial charge >= 0.3 is 0 Å². The molecule has 2 rings (SSSR count). The smallest absolute Gasteiger partial charge is 0.219 e. The number of hydrogen-bond donors (Lipinski definition) is 1. The molecule has 24 heavy (non-hydrogen) atoms. The SMILES string of the molecule is COc1ccc(CCC(=O)CN2CCN(C(C)=O)CC2CO)cc1. The molecule has 1 atom stereocenters. The normalized spacial score (nSPS) is 18.5. The van der Waals surface area contributed by atoms with Crippen LogP contribution in [0.15, 0.2) is 24.3 Å². The number of aliphatic hydroxyl groups is 1. The largest absolute Gasteiger partial charge is 0.497 e. The molecular formula is C18H26N2O4. The highest BCUT2D eigenvalue weighted by Gasteiger charge is 2.28. The van der Waals surface area contributed by atoms with Crippen molar-refractivity contribution in [2.45, 2.75) is 25.8 Å². The Morgan fingerprint density at radius 1 is 1.25 bits per heavy atom. The van der Waals surface area contributed by atoms with E-state index in [1.165, 1.54) is 6.92 Å². The maximum Gasteiger partial charge on any atom is 0.219 e. The lowest BCUT2D eigenvalue weighted by Crippen LogP contribution is -2.56. The van der Waals surface area contributed by atoms with E-state index in [1.54, 1.807) is 12.0 Å². The molecule has 132 valence electrons. The van der Waals surface area contributed by atoms with Crippen LogP contribution >= 0.6 is 0 Å². The summed E-state index contributed by atoms with van der Waals surface area (Å²) >= 11 is 0. The second-order valence-corrected chi connectivity index (χ2v) is 6.16. The van der Waals surface area contributed by atoms with Crippen molar-refractivity contribution >= 4 is 11.7 Å². The third kappa shape index (κ3) is 5.04. The number of methoxy groups -OCH3 is 1. The van der Waals surface area contributed by atoms with Crippen LogP contribution in [0.3, 0.4) is 0 Å². The van der Waals surface area contributed by atoms with Crippen molar-refractivity contribution in [3.05, 3.63) is 29.8 Å². The average Bonchev–Trinajstić information content (AvgIpc) is 2.60. The Morgan fingerprint density at radius 2 is 1.96 bits per heavy atom. The van der Waals surface area contributed by atoms with E-state index in [-0.39, 0.29) is 24.3 Å². The third-order valence-corrected chi connectivity index (χ3v) is 4.49. The first-order chi connectivity index (χ1) is 11.5. The Balaban J connectivity index is 1.81. The number of nitrogens with zero attached hydrogens (tertiary/aromatic N) is 2. The van der Waals surface area contributed by atoms with Crippen molar-refractivity contribution < 1.29 is 19.4 Å². The number of rotatable bonds is 7. The number of Topliss-reactive ketones (excluding diaryl/α,β-unsaturated/α-hetero) is 1. The first-order valence-electron chi connectivity index (χ1n) is 8.28. The molecular weight excluding hydrogens is 308 g/mol. The van der Waals surface area contributed by atoms with E-state index in [2.05, 4.69) is 0 Å². The zero-order valence-electron chi connectivity index (χ0n) is 14.4. The summed E-state index contributed by atoms with van der Waals surface area (Å²) in [5.41, 5.74) is 1.10. The van der Waals surface area contributed by atoms with Gasteiger partial charge in [0, 0.05) is 33.0 Å². The van der Waals surface area contributed by atoms with E-state index >= 15 is 0 Å². The first kappa shape index (κ1) is 18.4. The van der Waals surface area contributed by atoms with Crippen LogP contribution in [0.4, 0.5) is 0 Å².